The molecule has 1 aliphatic heterocycles. The molecule has 18 heavy (non-hydrogen) atoms. The van der Waals surface area contributed by atoms with E-state index in [1.165, 1.54) is 0 Å². The Kier molecular flexibility index (Phi) is 3.41. The Labute approximate surface area is 108 Å². The number of hydrogen-bond acceptors (Lipinski definition) is 3. The summed E-state index contributed by atoms with van der Waals surface area (Å²) in [7, 11) is 1.81. The van der Waals surface area contributed by atoms with Crippen LogP contribution >= 0.6 is 0 Å². The van der Waals surface area contributed by atoms with Gasteiger partial charge >= 0.3 is 0 Å². The van der Waals surface area contributed by atoms with Crippen molar-refractivity contribution in [1.82, 2.24) is 5.48 Å². The van der Waals surface area contributed by atoms with Crippen LogP contribution in [0.1, 0.15) is 38.8 Å². The standard InChI is InChI=1S/C14H20N2O2/c1-14(2,3)18-15-11-9-13(17)16(4)12-8-6-5-7-10(11)12/h5-8,11,15H,9H2,1-4H3. The number of para-hydroxylation sites is 1. The molecule has 1 aromatic carbocycles. The summed E-state index contributed by atoms with van der Waals surface area (Å²) in [4.78, 5) is 19.2. The molecule has 2 rings (SSSR count). The van der Waals surface area contributed by atoms with E-state index in [0.717, 1.165) is 11.3 Å². The van der Waals surface area contributed by atoms with Crippen LogP contribution in [0.25, 0.3) is 0 Å². The van der Waals surface area contributed by atoms with Gasteiger partial charge < -0.3 is 4.90 Å². The minimum atomic E-state index is -0.276. The molecule has 0 fully saturated rings. The molecular weight excluding hydrogens is 228 g/mol. The summed E-state index contributed by atoms with van der Waals surface area (Å²) in [5.41, 5.74) is 4.79. The summed E-state index contributed by atoms with van der Waals surface area (Å²) in [6.07, 6.45) is 0.420. The lowest BCUT2D eigenvalue weighted by molar-refractivity contribution is -0.124. The van der Waals surface area contributed by atoms with Crippen LogP contribution in [0.4, 0.5) is 5.69 Å². The van der Waals surface area contributed by atoms with Gasteiger partial charge in [0.25, 0.3) is 0 Å². The molecule has 0 spiro atoms. The molecule has 1 N–H and O–H groups in total. The lowest BCUT2D eigenvalue weighted by Gasteiger charge is -2.33. The van der Waals surface area contributed by atoms with Gasteiger partial charge in [0.1, 0.15) is 0 Å². The second-order valence-corrected chi connectivity index (χ2v) is 5.60. The van der Waals surface area contributed by atoms with E-state index in [1.807, 2.05) is 52.1 Å². The van der Waals surface area contributed by atoms with Crippen molar-refractivity contribution in [2.45, 2.75) is 38.8 Å². The number of rotatable bonds is 2. The zero-order valence-corrected chi connectivity index (χ0v) is 11.4. The number of carbonyl (C=O) groups excluding carboxylic acids is 1. The average Bonchev–Trinajstić information content (AvgIpc) is 2.31. The lowest BCUT2D eigenvalue weighted by Crippen LogP contribution is -2.40. The third-order valence-corrected chi connectivity index (χ3v) is 2.93. The minimum Gasteiger partial charge on any atom is -0.315 e. The third kappa shape index (κ3) is 2.71. The van der Waals surface area contributed by atoms with Gasteiger partial charge in [0.2, 0.25) is 5.91 Å². The van der Waals surface area contributed by atoms with E-state index in [-0.39, 0.29) is 17.6 Å². The molecule has 0 bridgehead atoms. The number of carbonyl (C=O) groups is 1. The molecule has 0 saturated carbocycles. The van der Waals surface area contributed by atoms with Gasteiger partial charge in [0, 0.05) is 19.2 Å². The van der Waals surface area contributed by atoms with Crippen LogP contribution in [-0.2, 0) is 9.63 Å². The van der Waals surface area contributed by atoms with Crippen LogP contribution in [0.5, 0.6) is 0 Å². The largest absolute Gasteiger partial charge is 0.315 e. The van der Waals surface area contributed by atoms with E-state index in [1.54, 1.807) is 4.90 Å². The Morgan fingerprint density at radius 3 is 2.67 bits per heavy atom. The second-order valence-electron chi connectivity index (χ2n) is 5.60. The fraction of sp³-hybridized carbons (Fsp3) is 0.500. The smallest absolute Gasteiger partial charge is 0.228 e. The summed E-state index contributed by atoms with van der Waals surface area (Å²) in [6, 6.07) is 7.83. The molecule has 1 aromatic rings. The molecule has 0 aliphatic carbocycles. The Morgan fingerprint density at radius 2 is 2.00 bits per heavy atom. The van der Waals surface area contributed by atoms with Gasteiger partial charge in [-0.1, -0.05) is 18.2 Å². The number of nitrogens with zero attached hydrogens (tertiary/aromatic N) is 1. The van der Waals surface area contributed by atoms with Crippen molar-refractivity contribution in [2.24, 2.45) is 0 Å². The number of hydroxylamine groups is 1. The normalized spacial score (nSPS) is 19.9. The van der Waals surface area contributed by atoms with Crippen molar-refractivity contribution in [3.63, 3.8) is 0 Å². The first-order chi connectivity index (χ1) is 8.38. The van der Waals surface area contributed by atoms with Gasteiger partial charge in [-0.15, -0.1) is 0 Å². The number of fused-ring (bicyclic) bond motifs is 1. The number of benzene rings is 1. The Balaban J connectivity index is 2.22. The maximum atomic E-state index is 11.9. The van der Waals surface area contributed by atoms with Crippen LogP contribution < -0.4 is 10.4 Å². The van der Waals surface area contributed by atoms with E-state index in [2.05, 4.69) is 5.48 Å². The molecule has 0 radical (unpaired) electrons. The minimum absolute atomic E-state index is 0.0795. The van der Waals surface area contributed by atoms with Gasteiger partial charge in [-0.25, -0.2) is 0 Å². The molecule has 0 aromatic heterocycles. The Morgan fingerprint density at radius 1 is 1.33 bits per heavy atom. The van der Waals surface area contributed by atoms with Crippen molar-refractivity contribution in [3.8, 4) is 0 Å². The van der Waals surface area contributed by atoms with E-state index < -0.39 is 0 Å². The maximum Gasteiger partial charge on any atom is 0.228 e. The van der Waals surface area contributed by atoms with E-state index >= 15 is 0 Å². The van der Waals surface area contributed by atoms with Crippen molar-refractivity contribution in [2.75, 3.05) is 11.9 Å². The summed E-state index contributed by atoms with van der Waals surface area (Å²) in [5, 5.41) is 0. The fourth-order valence-corrected chi connectivity index (χ4v) is 2.00. The Hall–Kier alpha value is -1.39. The molecule has 98 valence electrons. The highest BCUT2D eigenvalue weighted by Crippen LogP contribution is 2.33. The van der Waals surface area contributed by atoms with Gasteiger partial charge in [0.15, 0.2) is 0 Å². The first kappa shape index (κ1) is 13.1. The maximum absolute atomic E-state index is 11.9. The number of hydrogen-bond donors (Lipinski definition) is 1. The van der Waals surface area contributed by atoms with Gasteiger partial charge in [0.05, 0.1) is 11.6 Å². The Bertz CT molecular complexity index is 451. The topological polar surface area (TPSA) is 41.6 Å². The van der Waals surface area contributed by atoms with Crippen LogP contribution in [-0.4, -0.2) is 18.6 Å². The highest BCUT2D eigenvalue weighted by Gasteiger charge is 2.29. The lowest BCUT2D eigenvalue weighted by atomic mass is 9.97. The van der Waals surface area contributed by atoms with E-state index in [9.17, 15) is 4.79 Å². The molecule has 4 heteroatoms. The second kappa shape index (κ2) is 4.71. The van der Waals surface area contributed by atoms with Gasteiger partial charge in [-0.2, -0.15) is 5.48 Å². The number of nitrogens with one attached hydrogen (secondary N) is 1. The molecule has 1 aliphatic rings. The summed E-state index contributed by atoms with van der Waals surface area (Å²) >= 11 is 0. The third-order valence-electron chi connectivity index (χ3n) is 2.93. The van der Waals surface area contributed by atoms with Crippen LogP contribution in [0.3, 0.4) is 0 Å². The first-order valence-electron chi connectivity index (χ1n) is 6.17. The SMILES string of the molecule is CN1C(=O)CC(NOC(C)(C)C)c2ccccc21. The highest BCUT2D eigenvalue weighted by molar-refractivity contribution is 5.96. The number of amides is 1. The van der Waals surface area contributed by atoms with Crippen molar-refractivity contribution in [3.05, 3.63) is 29.8 Å². The monoisotopic (exact) mass is 248 g/mol. The van der Waals surface area contributed by atoms with Gasteiger partial charge in [-0.05, 0) is 32.4 Å². The van der Waals surface area contributed by atoms with Crippen molar-refractivity contribution >= 4 is 11.6 Å². The highest BCUT2D eigenvalue weighted by atomic mass is 16.7. The van der Waals surface area contributed by atoms with Crippen molar-refractivity contribution in [1.29, 1.82) is 0 Å². The molecule has 1 amide bonds. The first-order valence-corrected chi connectivity index (χ1v) is 6.17. The van der Waals surface area contributed by atoms with Crippen LogP contribution in [0.15, 0.2) is 24.3 Å². The summed E-state index contributed by atoms with van der Waals surface area (Å²) < 4.78 is 0. The average molecular weight is 248 g/mol. The van der Waals surface area contributed by atoms with Crippen LogP contribution in [0, 0.1) is 0 Å². The molecule has 1 atom stereocenters. The molecule has 1 heterocycles. The molecule has 0 saturated heterocycles. The molecule has 1 unspecified atom stereocenters. The predicted octanol–water partition coefficient (Wildman–Crippen LogP) is 2.41. The fourth-order valence-electron chi connectivity index (χ4n) is 2.00. The number of anilines is 1. The van der Waals surface area contributed by atoms with Crippen LogP contribution in [0.2, 0.25) is 0 Å². The van der Waals surface area contributed by atoms with E-state index in [4.69, 9.17) is 4.84 Å². The molecule has 4 nitrogen and oxygen atoms in total. The molecular formula is C14H20N2O2. The summed E-state index contributed by atoms with van der Waals surface area (Å²) in [6.45, 7) is 5.92. The summed E-state index contributed by atoms with van der Waals surface area (Å²) in [5.74, 6) is 0.101. The van der Waals surface area contributed by atoms with Crippen molar-refractivity contribution < 1.29 is 9.63 Å². The predicted molar refractivity (Wildman–Crippen MR) is 71.2 cm³/mol. The zero-order valence-electron chi connectivity index (χ0n) is 11.4. The van der Waals surface area contributed by atoms with Gasteiger partial charge in [-0.3, -0.25) is 9.63 Å². The van der Waals surface area contributed by atoms with E-state index in [0.29, 0.717) is 6.42 Å². The quantitative estimate of drug-likeness (QED) is 0.817. The zero-order chi connectivity index (χ0) is 13.3.